The quantitative estimate of drug-likeness (QED) is 0.893. The Hall–Kier alpha value is -2.63. The molecule has 1 amide bonds. The van der Waals surface area contributed by atoms with Gasteiger partial charge < -0.3 is 15.0 Å². The average Bonchev–Trinajstić information content (AvgIpc) is 2.52. The normalized spacial score (nSPS) is 14.3. The van der Waals surface area contributed by atoms with Crippen molar-refractivity contribution in [3.63, 3.8) is 0 Å². The minimum atomic E-state index is 0.00768. The van der Waals surface area contributed by atoms with Crippen LogP contribution in [0.3, 0.4) is 0 Å². The fourth-order valence-electron chi connectivity index (χ4n) is 2.51. The summed E-state index contributed by atoms with van der Waals surface area (Å²) in [6.07, 6.45) is 5.37. The van der Waals surface area contributed by atoms with Crippen LogP contribution >= 0.6 is 0 Å². The second kappa shape index (κ2) is 6.43. The topological polar surface area (TPSA) is 67.3 Å². The number of carbonyl (C=O) groups excluding carboxylic acids is 1. The van der Waals surface area contributed by atoms with Crippen LogP contribution in [0.2, 0.25) is 0 Å². The number of hydrogen-bond acceptors (Lipinski definition) is 5. The number of nitrogens with zero attached hydrogens (tertiary/aromatic N) is 3. The van der Waals surface area contributed by atoms with E-state index in [0.717, 1.165) is 30.2 Å². The number of aromatic nitrogens is 2. The van der Waals surface area contributed by atoms with Crippen LogP contribution in [-0.2, 0) is 11.2 Å². The number of methoxy groups -OCH3 is 1. The van der Waals surface area contributed by atoms with Gasteiger partial charge in [-0.05, 0) is 6.07 Å². The second-order valence-electron chi connectivity index (χ2n) is 5.22. The molecule has 0 saturated carbocycles. The molecule has 2 aromatic rings. The first-order chi connectivity index (χ1) is 10.8. The third kappa shape index (κ3) is 3.16. The number of rotatable bonds is 5. The second-order valence-corrected chi connectivity index (χ2v) is 5.22. The third-order valence-corrected chi connectivity index (χ3v) is 3.66. The zero-order chi connectivity index (χ0) is 15.4. The van der Waals surface area contributed by atoms with Crippen LogP contribution in [-0.4, -0.2) is 42.1 Å². The van der Waals surface area contributed by atoms with Crippen molar-refractivity contribution in [2.75, 3.05) is 25.1 Å². The monoisotopic (exact) mass is 298 g/mol. The lowest BCUT2D eigenvalue weighted by Gasteiger charge is -2.40. The summed E-state index contributed by atoms with van der Waals surface area (Å²) in [5.41, 5.74) is 0.896. The van der Waals surface area contributed by atoms with Crippen molar-refractivity contribution in [1.29, 1.82) is 0 Å². The molecule has 6 nitrogen and oxygen atoms in total. The van der Waals surface area contributed by atoms with Crippen LogP contribution in [0, 0.1) is 0 Å². The molecule has 0 spiro atoms. The van der Waals surface area contributed by atoms with E-state index in [-0.39, 0.29) is 11.9 Å². The zero-order valence-electron chi connectivity index (χ0n) is 12.4. The summed E-state index contributed by atoms with van der Waals surface area (Å²) in [5.74, 6) is 1.60. The molecule has 22 heavy (non-hydrogen) atoms. The van der Waals surface area contributed by atoms with Gasteiger partial charge in [0.15, 0.2) is 0 Å². The van der Waals surface area contributed by atoms with Gasteiger partial charge >= 0.3 is 0 Å². The lowest BCUT2D eigenvalue weighted by atomic mass is 10.1. The van der Waals surface area contributed by atoms with Gasteiger partial charge in [-0.25, -0.2) is 4.98 Å². The molecule has 0 unspecified atom stereocenters. The Bertz CT molecular complexity index is 642. The highest BCUT2D eigenvalue weighted by Gasteiger charge is 2.29. The lowest BCUT2D eigenvalue weighted by Crippen LogP contribution is -2.60. The molecule has 1 aliphatic heterocycles. The van der Waals surface area contributed by atoms with Gasteiger partial charge in [0.05, 0.1) is 25.8 Å². The Labute approximate surface area is 129 Å². The molecule has 0 radical (unpaired) electrons. The summed E-state index contributed by atoms with van der Waals surface area (Å²) in [6, 6.07) is 7.73. The van der Waals surface area contributed by atoms with Gasteiger partial charge in [-0.2, -0.15) is 0 Å². The van der Waals surface area contributed by atoms with Crippen LogP contribution < -0.4 is 15.0 Å². The van der Waals surface area contributed by atoms with Gasteiger partial charge in [-0.3, -0.25) is 9.78 Å². The Kier molecular flexibility index (Phi) is 4.18. The molecule has 1 saturated heterocycles. The van der Waals surface area contributed by atoms with E-state index >= 15 is 0 Å². The minimum Gasteiger partial charge on any atom is -0.496 e. The van der Waals surface area contributed by atoms with Crippen LogP contribution in [0.15, 0.2) is 42.9 Å². The highest BCUT2D eigenvalue weighted by atomic mass is 16.5. The van der Waals surface area contributed by atoms with Crippen LogP contribution in [0.5, 0.6) is 5.75 Å². The van der Waals surface area contributed by atoms with Gasteiger partial charge in [0.25, 0.3) is 0 Å². The van der Waals surface area contributed by atoms with E-state index in [9.17, 15) is 4.79 Å². The number of anilines is 1. The maximum absolute atomic E-state index is 12.1. The Balaban J connectivity index is 1.50. The highest BCUT2D eigenvalue weighted by molar-refractivity contribution is 5.80. The molecule has 1 N–H and O–H groups in total. The summed E-state index contributed by atoms with van der Waals surface area (Å²) >= 11 is 0. The molecule has 0 aliphatic carbocycles. The minimum absolute atomic E-state index is 0.00768. The van der Waals surface area contributed by atoms with E-state index in [1.807, 2.05) is 24.3 Å². The number of benzene rings is 1. The molecule has 6 heteroatoms. The number of para-hydroxylation sites is 1. The fourth-order valence-corrected chi connectivity index (χ4v) is 2.51. The van der Waals surface area contributed by atoms with Crippen molar-refractivity contribution >= 4 is 11.7 Å². The van der Waals surface area contributed by atoms with Crippen molar-refractivity contribution in [3.05, 3.63) is 48.4 Å². The average molecular weight is 298 g/mol. The van der Waals surface area contributed by atoms with E-state index in [2.05, 4.69) is 20.2 Å². The van der Waals surface area contributed by atoms with Gasteiger partial charge in [0.2, 0.25) is 5.91 Å². The Morgan fingerprint density at radius 2 is 2.18 bits per heavy atom. The van der Waals surface area contributed by atoms with Crippen molar-refractivity contribution in [3.8, 4) is 5.75 Å². The van der Waals surface area contributed by atoms with Crippen molar-refractivity contribution < 1.29 is 9.53 Å². The number of amides is 1. The first-order valence-electron chi connectivity index (χ1n) is 7.18. The predicted octanol–water partition coefficient (Wildman–Crippen LogP) is 1.03. The predicted molar refractivity (Wildman–Crippen MR) is 82.9 cm³/mol. The molecule has 0 bridgehead atoms. The smallest absolute Gasteiger partial charge is 0.224 e. The van der Waals surface area contributed by atoms with Crippen LogP contribution in [0.25, 0.3) is 0 Å². The van der Waals surface area contributed by atoms with E-state index in [4.69, 9.17) is 4.74 Å². The summed E-state index contributed by atoms with van der Waals surface area (Å²) in [4.78, 5) is 22.5. The fraction of sp³-hybridized carbons (Fsp3) is 0.312. The van der Waals surface area contributed by atoms with Crippen LogP contribution in [0.1, 0.15) is 5.56 Å². The van der Waals surface area contributed by atoms with Gasteiger partial charge in [0, 0.05) is 31.0 Å². The molecule has 1 aliphatic rings. The molecule has 114 valence electrons. The largest absolute Gasteiger partial charge is 0.496 e. The first kappa shape index (κ1) is 14.3. The number of nitrogens with one attached hydrogen (secondary N) is 1. The molecule has 1 fully saturated rings. The highest BCUT2D eigenvalue weighted by Crippen LogP contribution is 2.19. The van der Waals surface area contributed by atoms with Crippen LogP contribution in [0.4, 0.5) is 5.82 Å². The van der Waals surface area contributed by atoms with Crippen molar-refractivity contribution in [1.82, 2.24) is 15.3 Å². The zero-order valence-corrected chi connectivity index (χ0v) is 12.4. The summed E-state index contributed by atoms with van der Waals surface area (Å²) in [5, 5.41) is 3.03. The molecular weight excluding hydrogens is 280 g/mol. The number of carbonyl (C=O) groups is 1. The van der Waals surface area contributed by atoms with Gasteiger partial charge in [-0.1, -0.05) is 18.2 Å². The Morgan fingerprint density at radius 1 is 1.36 bits per heavy atom. The lowest BCUT2D eigenvalue weighted by molar-refractivity contribution is -0.121. The van der Waals surface area contributed by atoms with Crippen molar-refractivity contribution in [2.45, 2.75) is 12.5 Å². The number of hydrogen-bond donors (Lipinski definition) is 1. The van der Waals surface area contributed by atoms with E-state index in [0.29, 0.717) is 6.42 Å². The maximum atomic E-state index is 12.1. The molecule has 0 atom stereocenters. The van der Waals surface area contributed by atoms with E-state index in [1.165, 1.54) is 0 Å². The maximum Gasteiger partial charge on any atom is 0.224 e. The molecule has 1 aromatic carbocycles. The molecule has 1 aromatic heterocycles. The summed E-state index contributed by atoms with van der Waals surface area (Å²) in [7, 11) is 1.61. The van der Waals surface area contributed by atoms with Gasteiger partial charge in [-0.15, -0.1) is 0 Å². The summed E-state index contributed by atoms with van der Waals surface area (Å²) in [6.45, 7) is 1.52. The molecular formula is C16H18N4O2. The molecule has 3 rings (SSSR count). The Morgan fingerprint density at radius 3 is 2.91 bits per heavy atom. The van der Waals surface area contributed by atoms with E-state index in [1.54, 1.807) is 25.7 Å². The first-order valence-corrected chi connectivity index (χ1v) is 7.18. The number of ether oxygens (including phenoxy) is 1. The summed E-state index contributed by atoms with van der Waals surface area (Å²) < 4.78 is 5.26. The van der Waals surface area contributed by atoms with E-state index < -0.39 is 0 Å². The standard InChI is InChI=1S/C16H18N4O2/c1-22-14-5-3-2-4-12(14)8-16(21)19-13-10-20(11-13)15-9-17-6-7-18-15/h2-7,9,13H,8,10-11H2,1H3,(H,19,21). The third-order valence-electron chi connectivity index (χ3n) is 3.66. The molecule has 2 heterocycles. The van der Waals surface area contributed by atoms with Gasteiger partial charge in [0.1, 0.15) is 11.6 Å². The van der Waals surface area contributed by atoms with Crippen molar-refractivity contribution in [2.24, 2.45) is 0 Å². The SMILES string of the molecule is COc1ccccc1CC(=O)NC1CN(c2cnccn2)C1.